The molecule has 1 N–H and O–H groups in total. The summed E-state index contributed by atoms with van der Waals surface area (Å²) < 4.78 is 0. The lowest BCUT2D eigenvalue weighted by atomic mass is 10.9. The van der Waals surface area contributed by atoms with E-state index in [0.717, 1.165) is 0 Å². The van der Waals surface area contributed by atoms with Crippen LogP contribution in [-0.4, -0.2) is 20.3 Å². The molecule has 0 bridgehead atoms. The smallest absolute Gasteiger partial charge is 0.281 e. The highest BCUT2D eigenvalue weighted by atomic mass is 35.5. The fraction of sp³-hybridized carbons (Fsp3) is 0. The molecule has 0 aliphatic heterocycles. The number of carbonyl (C=O) groups excluding carboxylic acids is 1. The van der Waals surface area contributed by atoms with Crippen molar-refractivity contribution in [2.45, 2.75) is 0 Å². The van der Waals surface area contributed by atoms with Crippen LogP contribution in [-0.2, 0) is 0 Å². The minimum absolute atomic E-state index is 0.148. The Hall–Kier alpha value is -1.23. The number of nitrogens with zero attached hydrogens (tertiary/aromatic N) is 3. The minimum atomic E-state index is -0.716. The highest BCUT2D eigenvalue weighted by Gasteiger charge is 1.96. The summed E-state index contributed by atoms with van der Waals surface area (Å²) in [6.07, 6.45) is 2.52. The van der Waals surface area contributed by atoms with Crippen LogP contribution in [0.4, 0.5) is 10.7 Å². The van der Waals surface area contributed by atoms with Crippen molar-refractivity contribution in [3.05, 3.63) is 12.7 Å². The van der Waals surface area contributed by atoms with Crippen molar-refractivity contribution in [2.24, 2.45) is 0 Å². The van der Waals surface area contributed by atoms with Gasteiger partial charge in [-0.2, -0.15) is 0 Å². The molecule has 0 aromatic carbocycles. The Morgan fingerprint density at radius 1 is 1.50 bits per heavy atom. The molecule has 10 heavy (non-hydrogen) atoms. The Kier molecular flexibility index (Phi) is 2.11. The summed E-state index contributed by atoms with van der Waals surface area (Å²) in [7, 11) is 0. The quantitative estimate of drug-likeness (QED) is 0.481. The van der Waals surface area contributed by atoms with Gasteiger partial charge < -0.3 is 0 Å². The summed E-state index contributed by atoms with van der Waals surface area (Å²) in [5, 5.41) is 1.45. The van der Waals surface area contributed by atoms with Gasteiger partial charge in [0.25, 0.3) is 0 Å². The zero-order valence-corrected chi connectivity index (χ0v) is 5.54. The van der Waals surface area contributed by atoms with Gasteiger partial charge in [0.1, 0.15) is 12.7 Å². The van der Waals surface area contributed by atoms with Crippen LogP contribution in [0, 0.1) is 0 Å². The van der Waals surface area contributed by atoms with Gasteiger partial charge in [0.15, 0.2) is 0 Å². The molecule has 0 saturated heterocycles. The second-order valence-electron chi connectivity index (χ2n) is 1.36. The Labute approximate surface area is 61.5 Å². The molecular formula is C4H3ClN4O. The van der Waals surface area contributed by atoms with Crippen LogP contribution in [0.3, 0.4) is 0 Å². The Morgan fingerprint density at radius 3 is 2.60 bits per heavy atom. The first-order valence-corrected chi connectivity index (χ1v) is 2.75. The first-order chi connectivity index (χ1) is 4.79. The molecule has 1 aromatic heterocycles. The monoisotopic (exact) mass is 158 g/mol. The van der Waals surface area contributed by atoms with E-state index in [2.05, 4.69) is 20.3 Å². The normalized spacial score (nSPS) is 8.90. The highest BCUT2D eigenvalue weighted by Crippen LogP contribution is 1.93. The Morgan fingerprint density at radius 2 is 2.10 bits per heavy atom. The van der Waals surface area contributed by atoms with Crippen LogP contribution in [0.2, 0.25) is 0 Å². The van der Waals surface area contributed by atoms with Gasteiger partial charge in [0.2, 0.25) is 5.95 Å². The predicted octanol–water partition coefficient (Wildman–Crippen LogP) is 0.642. The number of nitrogens with one attached hydrogen (secondary N) is 1. The van der Waals surface area contributed by atoms with Gasteiger partial charge in [0.05, 0.1) is 0 Å². The average Bonchev–Trinajstić information content (AvgIpc) is 1.88. The van der Waals surface area contributed by atoms with Gasteiger partial charge in [0, 0.05) is 0 Å². The summed E-state index contributed by atoms with van der Waals surface area (Å²) >= 11 is 4.96. The summed E-state index contributed by atoms with van der Waals surface area (Å²) in [6, 6.07) is 0. The largest absolute Gasteiger partial charge is 0.320 e. The Balaban J connectivity index is 2.67. The standard InChI is InChI=1S/C4H3ClN4O/c5-3(10)9-4-7-1-6-2-8-4/h1-2H,(H,6,7,8,9,10). The lowest BCUT2D eigenvalue weighted by molar-refractivity contribution is 0.268. The molecule has 0 aliphatic carbocycles. The average molecular weight is 159 g/mol. The maximum absolute atomic E-state index is 10.2. The van der Waals surface area contributed by atoms with Crippen molar-refractivity contribution in [1.82, 2.24) is 15.0 Å². The zero-order chi connectivity index (χ0) is 7.40. The molecule has 1 rings (SSSR count). The molecule has 1 aromatic rings. The molecule has 0 unspecified atom stereocenters. The van der Waals surface area contributed by atoms with Crippen molar-refractivity contribution in [2.75, 3.05) is 5.32 Å². The van der Waals surface area contributed by atoms with Crippen LogP contribution in [0.5, 0.6) is 0 Å². The fourth-order valence-corrected chi connectivity index (χ4v) is 0.476. The second kappa shape index (κ2) is 3.07. The molecule has 5 nitrogen and oxygen atoms in total. The minimum Gasteiger partial charge on any atom is -0.281 e. The Bertz CT molecular complexity index is 226. The predicted molar refractivity (Wildman–Crippen MR) is 34.7 cm³/mol. The van der Waals surface area contributed by atoms with Crippen molar-refractivity contribution in [1.29, 1.82) is 0 Å². The molecule has 0 saturated carbocycles. The van der Waals surface area contributed by atoms with E-state index >= 15 is 0 Å². The first kappa shape index (κ1) is 6.88. The van der Waals surface area contributed by atoms with Crippen LogP contribution >= 0.6 is 11.6 Å². The molecule has 0 radical (unpaired) electrons. The number of aromatic nitrogens is 3. The molecule has 0 aliphatic rings. The van der Waals surface area contributed by atoms with E-state index < -0.39 is 5.37 Å². The van der Waals surface area contributed by atoms with E-state index in [1.54, 1.807) is 0 Å². The van der Waals surface area contributed by atoms with Crippen molar-refractivity contribution < 1.29 is 4.79 Å². The highest BCUT2D eigenvalue weighted by molar-refractivity contribution is 6.65. The fourth-order valence-electron chi connectivity index (χ4n) is 0.392. The number of halogens is 1. The molecule has 1 amide bonds. The van der Waals surface area contributed by atoms with E-state index in [1.807, 2.05) is 0 Å². The number of rotatable bonds is 1. The number of amides is 1. The van der Waals surface area contributed by atoms with Crippen LogP contribution in [0.15, 0.2) is 12.7 Å². The molecule has 0 spiro atoms. The summed E-state index contributed by atoms with van der Waals surface area (Å²) in [6.45, 7) is 0. The lowest BCUT2D eigenvalue weighted by Crippen LogP contribution is -2.04. The van der Waals surface area contributed by atoms with Crippen LogP contribution < -0.4 is 5.32 Å². The van der Waals surface area contributed by atoms with E-state index in [9.17, 15) is 4.79 Å². The van der Waals surface area contributed by atoms with Gasteiger partial charge >= 0.3 is 5.37 Å². The molecular weight excluding hydrogens is 156 g/mol. The van der Waals surface area contributed by atoms with Gasteiger partial charge in [-0.15, -0.1) is 0 Å². The van der Waals surface area contributed by atoms with E-state index in [0.29, 0.717) is 0 Å². The topological polar surface area (TPSA) is 67.8 Å². The van der Waals surface area contributed by atoms with Crippen molar-refractivity contribution >= 4 is 22.9 Å². The molecule has 0 atom stereocenters. The van der Waals surface area contributed by atoms with Gasteiger partial charge in [-0.3, -0.25) is 10.1 Å². The van der Waals surface area contributed by atoms with Crippen molar-refractivity contribution in [3.8, 4) is 0 Å². The molecule has 6 heteroatoms. The first-order valence-electron chi connectivity index (χ1n) is 2.37. The summed E-state index contributed by atoms with van der Waals surface area (Å²) in [5.74, 6) is 0.148. The van der Waals surface area contributed by atoms with Crippen molar-refractivity contribution in [3.63, 3.8) is 0 Å². The number of hydrogen-bond donors (Lipinski definition) is 1. The number of carbonyl (C=O) groups is 1. The van der Waals surface area contributed by atoms with E-state index in [4.69, 9.17) is 11.6 Å². The van der Waals surface area contributed by atoms with Crippen LogP contribution in [0.1, 0.15) is 0 Å². The van der Waals surface area contributed by atoms with E-state index in [-0.39, 0.29) is 5.95 Å². The zero-order valence-electron chi connectivity index (χ0n) is 4.78. The third-order valence-corrected chi connectivity index (χ3v) is 0.798. The SMILES string of the molecule is O=C(Cl)Nc1ncncn1. The molecule has 1 heterocycles. The van der Waals surface area contributed by atoms with E-state index in [1.165, 1.54) is 12.7 Å². The number of hydrogen-bond acceptors (Lipinski definition) is 4. The van der Waals surface area contributed by atoms with Crippen LogP contribution in [0.25, 0.3) is 0 Å². The summed E-state index contributed by atoms with van der Waals surface area (Å²) in [4.78, 5) is 20.9. The van der Waals surface area contributed by atoms with Gasteiger partial charge in [-0.1, -0.05) is 0 Å². The lowest BCUT2D eigenvalue weighted by Gasteiger charge is -1.93. The third kappa shape index (κ3) is 1.94. The maximum Gasteiger partial charge on any atom is 0.320 e. The number of anilines is 1. The third-order valence-electron chi connectivity index (χ3n) is 0.703. The van der Waals surface area contributed by atoms with Gasteiger partial charge in [-0.25, -0.2) is 15.0 Å². The molecule has 0 fully saturated rings. The summed E-state index contributed by atoms with van der Waals surface area (Å²) in [5.41, 5.74) is 0. The van der Waals surface area contributed by atoms with Gasteiger partial charge in [-0.05, 0) is 11.6 Å². The maximum atomic E-state index is 10.2. The second-order valence-corrected chi connectivity index (χ2v) is 1.70. The molecule has 52 valence electrons.